The first-order valence-corrected chi connectivity index (χ1v) is 16.1. The summed E-state index contributed by atoms with van der Waals surface area (Å²) in [5.41, 5.74) is 0. The van der Waals surface area contributed by atoms with Gasteiger partial charge in [0.15, 0.2) is 0 Å². The maximum absolute atomic E-state index is 6.59. The van der Waals surface area contributed by atoms with Gasteiger partial charge >= 0.3 is 8.56 Å². The van der Waals surface area contributed by atoms with Crippen molar-refractivity contribution in [3.05, 3.63) is 0 Å². The predicted octanol–water partition coefficient (Wildman–Crippen LogP) is 9.81. The van der Waals surface area contributed by atoms with Crippen LogP contribution in [0.15, 0.2) is 0 Å². The minimum absolute atomic E-state index is 0.359. The molecule has 0 aliphatic heterocycles. The molecule has 0 bridgehead atoms. The zero-order valence-corrected chi connectivity index (χ0v) is 22.9. The highest BCUT2D eigenvalue weighted by atomic mass is 28.4. The lowest BCUT2D eigenvalue weighted by Crippen LogP contribution is -2.45. The number of rotatable bonds is 23. The predicted molar refractivity (Wildman–Crippen MR) is 138 cm³/mol. The van der Waals surface area contributed by atoms with E-state index in [2.05, 4.69) is 41.5 Å². The Kier molecular flexibility index (Phi) is 21.1. The van der Waals surface area contributed by atoms with Crippen LogP contribution in [0.4, 0.5) is 0 Å². The van der Waals surface area contributed by atoms with Crippen LogP contribution in [0.1, 0.15) is 144 Å². The quantitative estimate of drug-likeness (QED) is 0.116. The molecule has 0 aliphatic carbocycles. The van der Waals surface area contributed by atoms with Crippen molar-refractivity contribution in [3.63, 3.8) is 0 Å². The summed E-state index contributed by atoms with van der Waals surface area (Å²) in [6, 6.07) is 2.15. The smallest absolute Gasteiger partial charge is 0.337 e. The SMILES string of the molecule is CCCCCCCCCCCCCCCCCO[Si](CC)(CC)OC(CC)C(C)C. The van der Waals surface area contributed by atoms with Gasteiger partial charge in [-0.3, -0.25) is 0 Å². The van der Waals surface area contributed by atoms with E-state index in [9.17, 15) is 0 Å². The van der Waals surface area contributed by atoms with Crippen molar-refractivity contribution in [3.8, 4) is 0 Å². The molecule has 0 aromatic rings. The fourth-order valence-electron chi connectivity index (χ4n) is 4.35. The Morgan fingerprint density at radius 3 is 1.30 bits per heavy atom. The highest BCUT2D eigenvalue weighted by Gasteiger charge is 2.36. The molecule has 182 valence electrons. The number of unbranched alkanes of at least 4 members (excludes halogenated alkanes) is 14. The van der Waals surface area contributed by atoms with Crippen molar-refractivity contribution in [1.82, 2.24) is 0 Å². The standard InChI is InChI=1S/C27H58O2Si/c1-7-11-12-13-14-15-16-17-18-19-20-21-22-23-24-25-28-30(9-3,10-4)29-27(8-2)26(5)6/h26-27H,7-25H2,1-6H3. The van der Waals surface area contributed by atoms with Crippen molar-refractivity contribution in [2.45, 2.75) is 162 Å². The third-order valence-corrected chi connectivity index (χ3v) is 10.3. The number of hydrogen-bond donors (Lipinski definition) is 0. The molecule has 0 rings (SSSR count). The Hall–Kier alpha value is 0.137. The van der Waals surface area contributed by atoms with Crippen LogP contribution in [0.2, 0.25) is 12.1 Å². The summed E-state index contributed by atoms with van der Waals surface area (Å²) in [5, 5.41) is 0. The molecule has 2 nitrogen and oxygen atoms in total. The molecule has 0 spiro atoms. The lowest BCUT2D eigenvalue weighted by atomic mass is 10.0. The maximum atomic E-state index is 6.59. The van der Waals surface area contributed by atoms with Gasteiger partial charge in [0.2, 0.25) is 0 Å². The van der Waals surface area contributed by atoms with Gasteiger partial charge in [-0.1, -0.05) is 131 Å². The molecule has 3 heteroatoms. The minimum atomic E-state index is -2.00. The summed E-state index contributed by atoms with van der Waals surface area (Å²) in [6.07, 6.45) is 22.6. The molecule has 0 radical (unpaired) electrons. The van der Waals surface area contributed by atoms with Gasteiger partial charge in [-0.25, -0.2) is 0 Å². The summed E-state index contributed by atoms with van der Waals surface area (Å²) in [6.45, 7) is 14.5. The summed E-state index contributed by atoms with van der Waals surface area (Å²) >= 11 is 0. The van der Waals surface area contributed by atoms with Crippen LogP contribution >= 0.6 is 0 Å². The van der Waals surface area contributed by atoms with Gasteiger partial charge in [-0.2, -0.15) is 0 Å². The minimum Gasteiger partial charge on any atom is -0.394 e. The van der Waals surface area contributed by atoms with Gasteiger partial charge < -0.3 is 8.85 Å². The van der Waals surface area contributed by atoms with Crippen LogP contribution in [0.5, 0.6) is 0 Å². The average molecular weight is 443 g/mol. The summed E-state index contributed by atoms with van der Waals surface area (Å²) in [4.78, 5) is 0. The molecule has 0 amide bonds. The van der Waals surface area contributed by atoms with Crippen LogP contribution in [-0.4, -0.2) is 21.3 Å². The van der Waals surface area contributed by atoms with E-state index in [1.54, 1.807) is 0 Å². The van der Waals surface area contributed by atoms with Crippen molar-refractivity contribution in [2.24, 2.45) is 5.92 Å². The van der Waals surface area contributed by atoms with E-state index in [4.69, 9.17) is 8.85 Å². The molecule has 0 aromatic carbocycles. The second-order valence-electron chi connectivity index (χ2n) is 9.72. The largest absolute Gasteiger partial charge is 0.394 e. The summed E-state index contributed by atoms with van der Waals surface area (Å²) in [7, 11) is -2.00. The highest BCUT2D eigenvalue weighted by Crippen LogP contribution is 2.25. The lowest BCUT2D eigenvalue weighted by Gasteiger charge is -2.34. The van der Waals surface area contributed by atoms with Crippen LogP contribution < -0.4 is 0 Å². The monoisotopic (exact) mass is 442 g/mol. The molecule has 30 heavy (non-hydrogen) atoms. The second kappa shape index (κ2) is 21.0. The Morgan fingerprint density at radius 2 is 0.967 bits per heavy atom. The molecule has 1 atom stereocenters. The van der Waals surface area contributed by atoms with E-state index in [-0.39, 0.29) is 0 Å². The second-order valence-corrected chi connectivity index (χ2v) is 13.5. The normalized spacial score (nSPS) is 13.3. The van der Waals surface area contributed by atoms with Crippen molar-refractivity contribution < 1.29 is 8.85 Å². The van der Waals surface area contributed by atoms with Crippen LogP contribution in [-0.2, 0) is 8.85 Å². The molecule has 0 N–H and O–H groups in total. The van der Waals surface area contributed by atoms with Gasteiger partial charge in [-0.05, 0) is 30.8 Å². The van der Waals surface area contributed by atoms with Gasteiger partial charge in [-0.15, -0.1) is 0 Å². The third kappa shape index (κ3) is 15.9. The highest BCUT2D eigenvalue weighted by molar-refractivity contribution is 6.67. The zero-order valence-electron chi connectivity index (χ0n) is 21.9. The van der Waals surface area contributed by atoms with E-state index in [0.717, 1.165) is 25.1 Å². The van der Waals surface area contributed by atoms with E-state index in [0.29, 0.717) is 12.0 Å². The molecule has 0 saturated heterocycles. The fraction of sp³-hybridized carbons (Fsp3) is 1.00. The maximum Gasteiger partial charge on any atom is 0.337 e. The zero-order chi connectivity index (χ0) is 22.5. The number of hydrogen-bond acceptors (Lipinski definition) is 2. The van der Waals surface area contributed by atoms with E-state index >= 15 is 0 Å². The van der Waals surface area contributed by atoms with Crippen LogP contribution in [0.25, 0.3) is 0 Å². The molecule has 0 saturated carbocycles. The molecular formula is C27H58O2Si. The Balaban J connectivity index is 3.62. The van der Waals surface area contributed by atoms with Gasteiger partial charge in [0, 0.05) is 12.7 Å². The van der Waals surface area contributed by atoms with Crippen molar-refractivity contribution in [2.75, 3.05) is 6.61 Å². The van der Waals surface area contributed by atoms with Crippen LogP contribution in [0.3, 0.4) is 0 Å². The molecular weight excluding hydrogens is 384 g/mol. The van der Waals surface area contributed by atoms with Crippen molar-refractivity contribution >= 4 is 8.56 Å². The first kappa shape index (κ1) is 30.1. The van der Waals surface area contributed by atoms with Gasteiger partial charge in [0.25, 0.3) is 0 Å². The topological polar surface area (TPSA) is 18.5 Å². The van der Waals surface area contributed by atoms with Gasteiger partial charge in [0.1, 0.15) is 0 Å². The first-order chi connectivity index (χ1) is 14.5. The molecule has 1 unspecified atom stereocenters. The Labute approximate surface area is 192 Å². The van der Waals surface area contributed by atoms with E-state index < -0.39 is 8.56 Å². The van der Waals surface area contributed by atoms with Gasteiger partial charge in [0.05, 0.1) is 0 Å². The lowest BCUT2D eigenvalue weighted by molar-refractivity contribution is 0.0788. The Bertz CT molecular complexity index is 342. The first-order valence-electron chi connectivity index (χ1n) is 13.9. The third-order valence-electron chi connectivity index (χ3n) is 6.70. The van der Waals surface area contributed by atoms with Crippen LogP contribution in [0, 0.1) is 5.92 Å². The van der Waals surface area contributed by atoms with E-state index in [1.807, 2.05) is 0 Å². The van der Waals surface area contributed by atoms with Crippen molar-refractivity contribution in [1.29, 1.82) is 0 Å². The summed E-state index contributed by atoms with van der Waals surface area (Å²) in [5.74, 6) is 0.578. The molecule has 0 aliphatic rings. The summed E-state index contributed by atoms with van der Waals surface area (Å²) < 4.78 is 13.0. The molecule has 0 aromatic heterocycles. The van der Waals surface area contributed by atoms with E-state index in [1.165, 1.54) is 96.3 Å². The molecule has 0 heterocycles. The molecule has 0 fully saturated rings. The fourth-order valence-corrected chi connectivity index (χ4v) is 7.17. The Morgan fingerprint density at radius 1 is 0.567 bits per heavy atom. The average Bonchev–Trinajstić information content (AvgIpc) is 2.75.